The highest BCUT2D eigenvalue weighted by molar-refractivity contribution is 6.08. The molecule has 15 heavy (non-hydrogen) atoms. The van der Waals surface area contributed by atoms with Crippen molar-refractivity contribution in [2.45, 2.75) is 5.41 Å². The largest absolute Gasteiger partial charge is 0.480 e. The van der Waals surface area contributed by atoms with Crippen molar-refractivity contribution in [2.75, 3.05) is 11.9 Å². The van der Waals surface area contributed by atoms with Gasteiger partial charge in [0.15, 0.2) is 0 Å². The van der Waals surface area contributed by atoms with Crippen LogP contribution in [0.2, 0.25) is 0 Å². The summed E-state index contributed by atoms with van der Waals surface area (Å²) in [5.74, 6) is -2.68. The minimum absolute atomic E-state index is 0.114. The zero-order chi connectivity index (χ0) is 11.1. The number of carboxylic acid groups (broad SMARTS) is 2. The Bertz CT molecular complexity index is 427. The summed E-state index contributed by atoms with van der Waals surface area (Å²) < 4.78 is 0. The van der Waals surface area contributed by atoms with Crippen molar-refractivity contribution in [3.05, 3.63) is 29.8 Å². The van der Waals surface area contributed by atoms with E-state index in [4.69, 9.17) is 10.2 Å². The van der Waals surface area contributed by atoms with Crippen LogP contribution in [-0.2, 0) is 15.0 Å². The Morgan fingerprint density at radius 1 is 1.20 bits per heavy atom. The molecule has 5 heteroatoms. The van der Waals surface area contributed by atoms with Gasteiger partial charge in [0.2, 0.25) is 5.41 Å². The van der Waals surface area contributed by atoms with E-state index in [2.05, 4.69) is 5.32 Å². The number of nitrogens with one attached hydrogen (secondary N) is 1. The molecule has 0 radical (unpaired) electrons. The number of hydrogen-bond acceptors (Lipinski definition) is 3. The maximum Gasteiger partial charge on any atom is 0.327 e. The number of carboxylic acids is 2. The second kappa shape index (κ2) is 2.98. The van der Waals surface area contributed by atoms with Crippen molar-refractivity contribution in [1.82, 2.24) is 0 Å². The average Bonchev–Trinajstić information content (AvgIpc) is 2.57. The number of fused-ring (bicyclic) bond motifs is 1. The highest BCUT2D eigenvalue weighted by Crippen LogP contribution is 2.37. The van der Waals surface area contributed by atoms with Crippen molar-refractivity contribution < 1.29 is 19.8 Å². The summed E-state index contributed by atoms with van der Waals surface area (Å²) in [6.07, 6.45) is 0. The first-order valence-electron chi connectivity index (χ1n) is 4.39. The van der Waals surface area contributed by atoms with Gasteiger partial charge in [0.05, 0.1) is 0 Å². The lowest BCUT2D eigenvalue weighted by Gasteiger charge is -2.18. The molecule has 1 aliphatic heterocycles. The van der Waals surface area contributed by atoms with Crippen LogP contribution in [0, 0.1) is 0 Å². The SMILES string of the molecule is O=C(O)C1(C(=O)O)CNc2ccccc21. The monoisotopic (exact) mass is 207 g/mol. The third-order valence-corrected chi connectivity index (χ3v) is 2.66. The molecule has 0 atom stereocenters. The zero-order valence-corrected chi connectivity index (χ0v) is 7.73. The number of carbonyl (C=O) groups is 2. The van der Waals surface area contributed by atoms with E-state index < -0.39 is 17.4 Å². The molecule has 1 heterocycles. The first-order valence-corrected chi connectivity index (χ1v) is 4.39. The Kier molecular flexibility index (Phi) is 1.89. The zero-order valence-electron chi connectivity index (χ0n) is 7.73. The molecule has 78 valence electrons. The first kappa shape index (κ1) is 9.51. The minimum Gasteiger partial charge on any atom is -0.480 e. The van der Waals surface area contributed by atoms with Gasteiger partial charge in [-0.15, -0.1) is 0 Å². The Labute approximate surface area is 85.3 Å². The molecule has 5 nitrogen and oxygen atoms in total. The van der Waals surface area contributed by atoms with Crippen LogP contribution in [0.25, 0.3) is 0 Å². The lowest BCUT2D eigenvalue weighted by Crippen LogP contribution is -2.45. The second-order valence-corrected chi connectivity index (χ2v) is 3.41. The van der Waals surface area contributed by atoms with E-state index in [1.807, 2.05) is 0 Å². The summed E-state index contributed by atoms with van der Waals surface area (Å²) >= 11 is 0. The molecule has 0 saturated carbocycles. The summed E-state index contributed by atoms with van der Waals surface area (Å²) in [5, 5.41) is 20.9. The molecular formula is C10H9NO4. The predicted octanol–water partition coefficient (Wildman–Crippen LogP) is 0.519. The van der Waals surface area contributed by atoms with Gasteiger partial charge >= 0.3 is 11.9 Å². The highest BCUT2D eigenvalue weighted by atomic mass is 16.4. The summed E-state index contributed by atoms with van der Waals surface area (Å²) in [5.41, 5.74) is -0.969. The number of benzene rings is 1. The highest BCUT2D eigenvalue weighted by Gasteiger charge is 2.52. The topological polar surface area (TPSA) is 86.6 Å². The molecule has 0 saturated heterocycles. The van der Waals surface area contributed by atoms with Gasteiger partial charge in [-0.25, -0.2) is 0 Å². The van der Waals surface area contributed by atoms with Crippen molar-refractivity contribution in [2.24, 2.45) is 0 Å². The maximum atomic E-state index is 11.1. The van der Waals surface area contributed by atoms with Gasteiger partial charge < -0.3 is 15.5 Å². The van der Waals surface area contributed by atoms with Crippen LogP contribution >= 0.6 is 0 Å². The van der Waals surface area contributed by atoms with Gasteiger partial charge in [-0.3, -0.25) is 9.59 Å². The molecule has 1 aromatic carbocycles. The Balaban J connectivity index is 2.64. The Morgan fingerprint density at radius 2 is 1.80 bits per heavy atom. The smallest absolute Gasteiger partial charge is 0.327 e. The number of aliphatic carboxylic acids is 2. The van der Waals surface area contributed by atoms with Crippen LogP contribution in [0.3, 0.4) is 0 Å². The fourth-order valence-corrected chi connectivity index (χ4v) is 1.81. The van der Waals surface area contributed by atoms with Crippen LogP contribution in [0.15, 0.2) is 24.3 Å². The molecule has 2 rings (SSSR count). The van der Waals surface area contributed by atoms with Crippen molar-refractivity contribution in [3.63, 3.8) is 0 Å². The van der Waals surface area contributed by atoms with Crippen LogP contribution in [0.5, 0.6) is 0 Å². The Hall–Kier alpha value is -2.04. The van der Waals surface area contributed by atoms with E-state index in [0.717, 1.165) is 0 Å². The van der Waals surface area contributed by atoms with Gasteiger partial charge in [0.25, 0.3) is 0 Å². The minimum atomic E-state index is -1.85. The van der Waals surface area contributed by atoms with E-state index in [0.29, 0.717) is 11.3 Å². The molecular weight excluding hydrogens is 198 g/mol. The van der Waals surface area contributed by atoms with Gasteiger partial charge in [0.1, 0.15) is 0 Å². The van der Waals surface area contributed by atoms with Crippen LogP contribution in [0.4, 0.5) is 5.69 Å². The summed E-state index contributed by atoms with van der Waals surface area (Å²) in [7, 11) is 0. The first-order chi connectivity index (χ1) is 7.09. The molecule has 0 fully saturated rings. The summed E-state index contributed by atoms with van der Waals surface area (Å²) in [6.45, 7) is -0.114. The normalized spacial score (nSPS) is 16.5. The van der Waals surface area contributed by atoms with Crippen LogP contribution in [-0.4, -0.2) is 28.7 Å². The molecule has 0 unspecified atom stereocenters. The fraction of sp³-hybridized carbons (Fsp3) is 0.200. The van der Waals surface area contributed by atoms with Gasteiger partial charge in [-0.1, -0.05) is 18.2 Å². The maximum absolute atomic E-state index is 11.1. The molecule has 0 aromatic heterocycles. The van der Waals surface area contributed by atoms with E-state index in [1.54, 1.807) is 18.2 Å². The fourth-order valence-electron chi connectivity index (χ4n) is 1.81. The van der Waals surface area contributed by atoms with E-state index in [9.17, 15) is 9.59 Å². The molecule has 1 aliphatic rings. The van der Waals surface area contributed by atoms with Crippen LogP contribution < -0.4 is 5.32 Å². The lowest BCUT2D eigenvalue weighted by molar-refractivity contribution is -0.156. The molecule has 0 spiro atoms. The molecule has 0 aliphatic carbocycles. The molecule has 0 amide bonds. The third-order valence-electron chi connectivity index (χ3n) is 2.66. The summed E-state index contributed by atoms with van der Waals surface area (Å²) in [4.78, 5) is 22.2. The standard InChI is InChI=1S/C10H9NO4/c12-8(13)10(9(14)15)5-11-7-4-2-1-3-6(7)10/h1-4,11H,5H2,(H,12,13)(H,14,15). The van der Waals surface area contributed by atoms with Crippen molar-refractivity contribution in [3.8, 4) is 0 Å². The number of anilines is 1. The molecule has 1 aromatic rings. The average molecular weight is 207 g/mol. The number of para-hydroxylation sites is 1. The molecule has 3 N–H and O–H groups in total. The number of rotatable bonds is 2. The third kappa shape index (κ3) is 1.09. The van der Waals surface area contributed by atoms with E-state index in [-0.39, 0.29) is 6.54 Å². The van der Waals surface area contributed by atoms with Gasteiger partial charge in [-0.05, 0) is 6.07 Å². The second-order valence-electron chi connectivity index (χ2n) is 3.41. The van der Waals surface area contributed by atoms with E-state index >= 15 is 0 Å². The van der Waals surface area contributed by atoms with Crippen LogP contribution in [0.1, 0.15) is 5.56 Å². The quantitative estimate of drug-likeness (QED) is 0.615. The molecule has 0 bridgehead atoms. The van der Waals surface area contributed by atoms with Gasteiger partial charge in [-0.2, -0.15) is 0 Å². The van der Waals surface area contributed by atoms with Crippen molar-refractivity contribution >= 4 is 17.6 Å². The van der Waals surface area contributed by atoms with Crippen molar-refractivity contribution in [1.29, 1.82) is 0 Å². The summed E-state index contributed by atoms with van der Waals surface area (Å²) in [6, 6.07) is 6.55. The Morgan fingerprint density at radius 3 is 2.40 bits per heavy atom. The lowest BCUT2D eigenvalue weighted by atomic mass is 9.82. The van der Waals surface area contributed by atoms with E-state index in [1.165, 1.54) is 6.07 Å². The predicted molar refractivity (Wildman–Crippen MR) is 51.9 cm³/mol. The number of hydrogen-bond donors (Lipinski definition) is 3. The van der Waals surface area contributed by atoms with Gasteiger partial charge in [0, 0.05) is 17.8 Å².